The number of benzene rings is 2. The summed E-state index contributed by atoms with van der Waals surface area (Å²) in [6.07, 6.45) is 3.77. The molecule has 1 aliphatic carbocycles. The van der Waals surface area contributed by atoms with Crippen LogP contribution in [0.4, 0.5) is 5.69 Å². The minimum atomic E-state index is -0.117. The zero-order valence-electron chi connectivity index (χ0n) is 16.3. The molecule has 3 aromatic rings. The zero-order chi connectivity index (χ0) is 20.0. The fourth-order valence-corrected chi connectivity index (χ4v) is 6.50. The SMILES string of the molecule is Cc1cccc(CSc2nc3ccc(N4C(=O)[C@@H]5CCCC[C@H]5C4=O)cc3s2)c1. The maximum Gasteiger partial charge on any atom is 0.237 e. The van der Waals surface area contributed by atoms with E-state index in [0.717, 1.165) is 46.0 Å². The zero-order valence-corrected chi connectivity index (χ0v) is 17.9. The molecule has 1 saturated carbocycles. The molecular formula is C23H22N2O2S2. The van der Waals surface area contributed by atoms with Crippen LogP contribution in [0.15, 0.2) is 46.8 Å². The third-order valence-electron chi connectivity index (χ3n) is 5.90. The van der Waals surface area contributed by atoms with Gasteiger partial charge in [0, 0.05) is 5.75 Å². The van der Waals surface area contributed by atoms with Gasteiger partial charge in [-0.15, -0.1) is 11.3 Å². The molecule has 4 nitrogen and oxygen atoms in total. The van der Waals surface area contributed by atoms with Crippen molar-refractivity contribution in [1.29, 1.82) is 0 Å². The Morgan fingerprint density at radius 3 is 2.55 bits per heavy atom. The van der Waals surface area contributed by atoms with Crippen LogP contribution in [0.5, 0.6) is 0 Å². The van der Waals surface area contributed by atoms with Crippen molar-refractivity contribution in [3.63, 3.8) is 0 Å². The number of thiazole rings is 1. The van der Waals surface area contributed by atoms with Gasteiger partial charge >= 0.3 is 0 Å². The Bertz CT molecular complexity index is 1080. The van der Waals surface area contributed by atoms with Crippen molar-refractivity contribution in [2.45, 2.75) is 42.7 Å². The van der Waals surface area contributed by atoms with E-state index < -0.39 is 0 Å². The molecule has 2 aromatic carbocycles. The minimum absolute atomic E-state index is 0.0161. The van der Waals surface area contributed by atoms with E-state index in [1.165, 1.54) is 16.0 Å². The van der Waals surface area contributed by atoms with E-state index in [2.05, 4.69) is 31.2 Å². The smallest absolute Gasteiger partial charge is 0.237 e. The second-order valence-corrected chi connectivity index (χ2v) is 10.2. The van der Waals surface area contributed by atoms with Gasteiger partial charge in [0.25, 0.3) is 0 Å². The molecular weight excluding hydrogens is 400 g/mol. The molecule has 5 rings (SSSR count). The van der Waals surface area contributed by atoms with Crippen molar-refractivity contribution in [3.05, 3.63) is 53.6 Å². The van der Waals surface area contributed by atoms with Crippen molar-refractivity contribution in [2.24, 2.45) is 11.8 Å². The summed E-state index contributed by atoms with van der Waals surface area (Å²) in [5.41, 5.74) is 4.16. The van der Waals surface area contributed by atoms with Crippen molar-refractivity contribution in [1.82, 2.24) is 4.98 Å². The van der Waals surface area contributed by atoms with Crippen molar-refractivity contribution >= 4 is 50.8 Å². The second-order valence-electron chi connectivity index (χ2n) is 7.92. The van der Waals surface area contributed by atoms with E-state index in [1.54, 1.807) is 23.1 Å². The predicted molar refractivity (Wildman–Crippen MR) is 118 cm³/mol. The molecule has 6 heteroatoms. The van der Waals surface area contributed by atoms with Crippen LogP contribution in [0.25, 0.3) is 10.2 Å². The van der Waals surface area contributed by atoms with Gasteiger partial charge in [-0.2, -0.15) is 0 Å². The average Bonchev–Trinajstić information content (AvgIpc) is 3.25. The van der Waals surface area contributed by atoms with Crippen LogP contribution in [0.2, 0.25) is 0 Å². The molecule has 0 spiro atoms. The summed E-state index contributed by atoms with van der Waals surface area (Å²) in [5.74, 6) is 0.610. The largest absolute Gasteiger partial charge is 0.274 e. The predicted octanol–water partition coefficient (Wildman–Crippen LogP) is 5.58. The molecule has 1 saturated heterocycles. The minimum Gasteiger partial charge on any atom is -0.274 e. The number of carbonyl (C=O) groups excluding carboxylic acids is 2. The molecule has 0 N–H and O–H groups in total. The molecule has 2 heterocycles. The number of amides is 2. The van der Waals surface area contributed by atoms with Gasteiger partial charge in [0.15, 0.2) is 4.34 Å². The van der Waals surface area contributed by atoms with Gasteiger partial charge < -0.3 is 0 Å². The lowest BCUT2D eigenvalue weighted by Gasteiger charge is -2.19. The van der Waals surface area contributed by atoms with Gasteiger partial charge in [0.1, 0.15) is 0 Å². The molecule has 1 aliphatic heterocycles. The van der Waals surface area contributed by atoms with E-state index in [9.17, 15) is 9.59 Å². The molecule has 0 bridgehead atoms. The fourth-order valence-electron chi connectivity index (χ4n) is 4.46. The molecule has 2 aliphatic rings. The quantitative estimate of drug-likeness (QED) is 0.407. The number of aryl methyl sites for hydroxylation is 1. The molecule has 2 atom stereocenters. The highest BCUT2D eigenvalue weighted by Crippen LogP contribution is 2.41. The maximum absolute atomic E-state index is 12.9. The third kappa shape index (κ3) is 3.49. The van der Waals surface area contributed by atoms with Gasteiger partial charge in [-0.1, -0.05) is 54.4 Å². The number of hydrogen-bond acceptors (Lipinski definition) is 5. The number of anilines is 1. The summed E-state index contributed by atoms with van der Waals surface area (Å²) in [4.78, 5) is 31.9. The van der Waals surface area contributed by atoms with Crippen LogP contribution in [0.3, 0.4) is 0 Å². The van der Waals surface area contributed by atoms with Crippen LogP contribution >= 0.6 is 23.1 Å². The summed E-state index contributed by atoms with van der Waals surface area (Å²) >= 11 is 3.35. The van der Waals surface area contributed by atoms with Gasteiger partial charge in [-0.3, -0.25) is 14.5 Å². The van der Waals surface area contributed by atoms with E-state index in [0.29, 0.717) is 5.69 Å². The number of imide groups is 1. The first kappa shape index (κ1) is 18.8. The maximum atomic E-state index is 12.9. The summed E-state index contributed by atoms with van der Waals surface area (Å²) in [6, 6.07) is 14.3. The number of carbonyl (C=O) groups is 2. The highest BCUT2D eigenvalue weighted by Gasteiger charge is 2.48. The van der Waals surface area contributed by atoms with Crippen LogP contribution in [-0.2, 0) is 15.3 Å². The number of rotatable bonds is 4. The summed E-state index contributed by atoms with van der Waals surface area (Å²) in [6.45, 7) is 2.10. The highest BCUT2D eigenvalue weighted by atomic mass is 32.2. The monoisotopic (exact) mass is 422 g/mol. The molecule has 0 unspecified atom stereocenters. The molecule has 2 amide bonds. The average molecular weight is 423 g/mol. The first-order chi connectivity index (χ1) is 14.1. The van der Waals surface area contributed by atoms with Crippen LogP contribution < -0.4 is 4.90 Å². The van der Waals surface area contributed by atoms with Crippen molar-refractivity contribution in [2.75, 3.05) is 4.90 Å². The second kappa shape index (κ2) is 7.58. The Labute approximate surface area is 178 Å². The number of hydrogen-bond donors (Lipinski definition) is 0. The fraction of sp³-hybridized carbons (Fsp3) is 0.348. The van der Waals surface area contributed by atoms with Crippen LogP contribution in [0, 0.1) is 18.8 Å². The summed E-state index contributed by atoms with van der Waals surface area (Å²) < 4.78 is 2.02. The van der Waals surface area contributed by atoms with Gasteiger partial charge in [0.2, 0.25) is 11.8 Å². The lowest BCUT2D eigenvalue weighted by molar-refractivity contribution is -0.122. The normalized spacial score (nSPS) is 21.8. The van der Waals surface area contributed by atoms with Crippen LogP contribution in [-0.4, -0.2) is 16.8 Å². The standard InChI is InChI=1S/C23H22N2O2S2/c1-14-5-4-6-15(11-14)13-28-23-24-19-10-9-16(12-20(19)29-23)25-21(26)17-7-2-3-8-18(17)22(25)27/h4-6,9-12,17-18H,2-3,7-8,13H2,1H3/t17-,18-/m1/s1. The number of nitrogens with zero attached hydrogens (tertiary/aromatic N) is 2. The Morgan fingerprint density at radius 2 is 1.83 bits per heavy atom. The summed E-state index contributed by atoms with van der Waals surface area (Å²) in [5, 5.41) is 0. The van der Waals surface area contributed by atoms with E-state index >= 15 is 0 Å². The highest BCUT2D eigenvalue weighted by molar-refractivity contribution is 8.00. The van der Waals surface area contributed by atoms with Crippen molar-refractivity contribution < 1.29 is 9.59 Å². The number of fused-ring (bicyclic) bond motifs is 2. The van der Waals surface area contributed by atoms with Crippen molar-refractivity contribution in [3.8, 4) is 0 Å². The lowest BCUT2D eigenvalue weighted by atomic mass is 9.81. The van der Waals surface area contributed by atoms with Gasteiger partial charge in [0.05, 0.1) is 27.7 Å². The Morgan fingerprint density at radius 1 is 1.07 bits per heavy atom. The first-order valence-electron chi connectivity index (χ1n) is 10.1. The van der Waals surface area contributed by atoms with E-state index in [4.69, 9.17) is 4.98 Å². The Kier molecular flexibility index (Phi) is 4.92. The number of thioether (sulfide) groups is 1. The van der Waals surface area contributed by atoms with Gasteiger partial charge in [-0.25, -0.2) is 4.98 Å². The molecule has 0 radical (unpaired) electrons. The molecule has 29 heavy (non-hydrogen) atoms. The van der Waals surface area contributed by atoms with E-state index in [-0.39, 0.29) is 23.7 Å². The van der Waals surface area contributed by atoms with E-state index in [1.807, 2.05) is 18.2 Å². The summed E-state index contributed by atoms with van der Waals surface area (Å²) in [7, 11) is 0. The molecule has 2 fully saturated rings. The van der Waals surface area contributed by atoms with Crippen LogP contribution in [0.1, 0.15) is 36.8 Å². The Balaban J connectivity index is 1.38. The Hall–Kier alpha value is -2.18. The molecule has 148 valence electrons. The van der Waals surface area contributed by atoms with Gasteiger partial charge in [-0.05, 0) is 43.5 Å². The topological polar surface area (TPSA) is 50.3 Å². The molecule has 1 aromatic heterocycles. The third-order valence-corrected chi connectivity index (χ3v) is 8.13. The number of aromatic nitrogens is 1. The lowest BCUT2D eigenvalue weighted by Crippen LogP contribution is -2.30. The first-order valence-corrected chi connectivity index (χ1v) is 11.9.